The fourth-order valence-corrected chi connectivity index (χ4v) is 4.42. The molecule has 20 heavy (non-hydrogen) atoms. The molecule has 0 radical (unpaired) electrons. The number of esters is 1. The molecule has 0 amide bonds. The van der Waals surface area contributed by atoms with Gasteiger partial charge in [-0.3, -0.25) is 4.79 Å². The van der Waals surface area contributed by atoms with Gasteiger partial charge in [0.05, 0.1) is 12.0 Å². The van der Waals surface area contributed by atoms with Crippen LogP contribution in [0, 0.1) is 29.6 Å². The largest absolute Gasteiger partial charge is 0.462 e. The Balaban J connectivity index is 1.43. The second-order valence-electron chi connectivity index (χ2n) is 7.50. The van der Waals surface area contributed by atoms with Crippen molar-refractivity contribution in [1.82, 2.24) is 0 Å². The summed E-state index contributed by atoms with van der Waals surface area (Å²) >= 11 is 0. The Hall–Kier alpha value is -0.790. The van der Waals surface area contributed by atoms with Gasteiger partial charge in [-0.15, -0.1) is 0 Å². The predicted molar refractivity (Wildman–Crippen MR) is 80.1 cm³/mol. The molecule has 2 bridgehead atoms. The van der Waals surface area contributed by atoms with Crippen LogP contribution in [0.2, 0.25) is 0 Å². The maximum absolute atomic E-state index is 12.3. The number of ether oxygens (including phenoxy) is 1. The van der Waals surface area contributed by atoms with Gasteiger partial charge in [0.2, 0.25) is 0 Å². The van der Waals surface area contributed by atoms with Gasteiger partial charge in [0, 0.05) is 0 Å². The van der Waals surface area contributed by atoms with Gasteiger partial charge in [0.25, 0.3) is 0 Å². The number of carbonyl (C=O) groups excluding carboxylic acids is 1. The summed E-state index contributed by atoms with van der Waals surface area (Å²) in [6.45, 7) is 4.43. The van der Waals surface area contributed by atoms with Crippen LogP contribution < -0.4 is 0 Å². The molecule has 4 atom stereocenters. The van der Waals surface area contributed by atoms with E-state index in [0.717, 1.165) is 24.7 Å². The minimum Gasteiger partial charge on any atom is -0.462 e. The van der Waals surface area contributed by atoms with E-state index >= 15 is 0 Å². The minimum absolute atomic E-state index is 0.0681. The first kappa shape index (κ1) is 14.2. The van der Waals surface area contributed by atoms with E-state index in [1.807, 2.05) is 0 Å². The summed E-state index contributed by atoms with van der Waals surface area (Å²) < 4.78 is 5.74. The van der Waals surface area contributed by atoms with Crippen LogP contribution in [-0.4, -0.2) is 12.1 Å². The Morgan fingerprint density at radius 1 is 1.20 bits per heavy atom. The van der Waals surface area contributed by atoms with Crippen LogP contribution in [0.25, 0.3) is 0 Å². The number of rotatable bonds is 4. The van der Waals surface area contributed by atoms with Gasteiger partial charge in [-0.05, 0) is 49.9 Å². The molecule has 2 saturated carbocycles. The number of hydrogen-bond donors (Lipinski definition) is 0. The van der Waals surface area contributed by atoms with E-state index < -0.39 is 0 Å². The smallest absolute Gasteiger partial charge is 0.309 e. The maximum Gasteiger partial charge on any atom is 0.309 e. The fraction of sp³-hybridized carbons (Fsp3) is 0.833. The minimum atomic E-state index is 0.0681. The number of hydrogen-bond acceptors (Lipinski definition) is 2. The lowest BCUT2D eigenvalue weighted by Gasteiger charge is -2.28. The highest BCUT2D eigenvalue weighted by atomic mass is 16.5. The molecule has 0 spiro atoms. The molecule has 3 aliphatic rings. The normalized spacial score (nSPS) is 40.8. The molecular weight excluding hydrogens is 248 g/mol. The van der Waals surface area contributed by atoms with Gasteiger partial charge in [0.15, 0.2) is 0 Å². The summed E-state index contributed by atoms with van der Waals surface area (Å²) in [5, 5.41) is 0. The molecule has 0 aromatic carbocycles. The molecule has 2 fully saturated rings. The molecule has 0 saturated heterocycles. The monoisotopic (exact) mass is 276 g/mol. The summed E-state index contributed by atoms with van der Waals surface area (Å²) in [6.07, 6.45) is 13.2. The van der Waals surface area contributed by atoms with E-state index in [2.05, 4.69) is 26.0 Å². The third-order valence-electron chi connectivity index (χ3n) is 5.70. The van der Waals surface area contributed by atoms with Crippen molar-refractivity contribution in [2.45, 2.75) is 64.9 Å². The average molecular weight is 276 g/mol. The van der Waals surface area contributed by atoms with E-state index in [0.29, 0.717) is 11.8 Å². The van der Waals surface area contributed by atoms with Gasteiger partial charge < -0.3 is 4.74 Å². The highest BCUT2D eigenvalue weighted by Crippen LogP contribution is 2.44. The predicted octanol–water partition coefficient (Wildman–Crippen LogP) is 4.35. The van der Waals surface area contributed by atoms with Crippen LogP contribution in [0.3, 0.4) is 0 Å². The first-order valence-electron chi connectivity index (χ1n) is 8.50. The highest BCUT2D eigenvalue weighted by Gasteiger charge is 2.41. The SMILES string of the molecule is CC1CCC(CC(C)OC(=O)C2CC3C=CC2C3)CC1. The highest BCUT2D eigenvalue weighted by molar-refractivity contribution is 5.74. The lowest BCUT2D eigenvalue weighted by molar-refractivity contribution is -0.155. The molecule has 0 aliphatic heterocycles. The zero-order valence-electron chi connectivity index (χ0n) is 12.9. The third kappa shape index (κ3) is 3.10. The maximum atomic E-state index is 12.3. The van der Waals surface area contributed by atoms with Crippen LogP contribution in [0.4, 0.5) is 0 Å². The van der Waals surface area contributed by atoms with Gasteiger partial charge in [-0.25, -0.2) is 0 Å². The topological polar surface area (TPSA) is 26.3 Å². The molecular formula is C18H28O2. The Bertz CT molecular complexity index is 379. The fourth-order valence-electron chi connectivity index (χ4n) is 4.42. The Kier molecular flexibility index (Phi) is 4.18. The zero-order chi connectivity index (χ0) is 14.1. The van der Waals surface area contributed by atoms with Crippen LogP contribution in [-0.2, 0) is 9.53 Å². The van der Waals surface area contributed by atoms with Crippen LogP contribution in [0.1, 0.15) is 58.8 Å². The summed E-state index contributed by atoms with van der Waals surface area (Å²) in [7, 11) is 0. The van der Waals surface area contributed by atoms with Crippen molar-refractivity contribution in [3.63, 3.8) is 0 Å². The standard InChI is InChI=1S/C18H28O2/c1-12-3-5-14(6-4-12)9-13(2)20-18(19)17-11-15-7-8-16(17)10-15/h7-8,12-17H,3-6,9-11H2,1-2H3. The lowest BCUT2D eigenvalue weighted by atomic mass is 9.80. The third-order valence-corrected chi connectivity index (χ3v) is 5.70. The Labute approximate surface area is 123 Å². The van der Waals surface area contributed by atoms with E-state index in [-0.39, 0.29) is 18.0 Å². The Morgan fingerprint density at radius 2 is 1.95 bits per heavy atom. The number of carbonyl (C=O) groups is 1. The van der Waals surface area contributed by atoms with Gasteiger partial charge >= 0.3 is 5.97 Å². The summed E-state index contributed by atoms with van der Waals surface area (Å²) in [6, 6.07) is 0. The van der Waals surface area contributed by atoms with Crippen LogP contribution in [0.15, 0.2) is 12.2 Å². The average Bonchev–Trinajstić information content (AvgIpc) is 3.03. The van der Waals surface area contributed by atoms with Crippen molar-refractivity contribution >= 4 is 5.97 Å². The molecule has 3 rings (SSSR count). The second-order valence-corrected chi connectivity index (χ2v) is 7.50. The summed E-state index contributed by atoms with van der Waals surface area (Å²) in [4.78, 5) is 12.3. The zero-order valence-corrected chi connectivity index (χ0v) is 12.9. The number of allylic oxidation sites excluding steroid dienone is 2. The molecule has 112 valence electrons. The van der Waals surface area contributed by atoms with Crippen molar-refractivity contribution in [1.29, 1.82) is 0 Å². The van der Waals surface area contributed by atoms with Crippen molar-refractivity contribution in [2.24, 2.45) is 29.6 Å². The lowest BCUT2D eigenvalue weighted by Crippen LogP contribution is -2.27. The van der Waals surface area contributed by atoms with Gasteiger partial charge in [-0.2, -0.15) is 0 Å². The van der Waals surface area contributed by atoms with Crippen molar-refractivity contribution in [3.8, 4) is 0 Å². The molecule has 0 N–H and O–H groups in total. The molecule has 2 nitrogen and oxygen atoms in total. The van der Waals surface area contributed by atoms with Gasteiger partial charge in [-0.1, -0.05) is 44.8 Å². The van der Waals surface area contributed by atoms with Gasteiger partial charge in [0.1, 0.15) is 0 Å². The first-order chi connectivity index (χ1) is 9.61. The van der Waals surface area contributed by atoms with Crippen LogP contribution >= 0.6 is 0 Å². The molecule has 0 heterocycles. The van der Waals surface area contributed by atoms with E-state index in [4.69, 9.17) is 4.74 Å². The first-order valence-corrected chi connectivity index (χ1v) is 8.50. The van der Waals surface area contributed by atoms with Crippen molar-refractivity contribution < 1.29 is 9.53 Å². The Morgan fingerprint density at radius 3 is 2.55 bits per heavy atom. The van der Waals surface area contributed by atoms with E-state index in [1.165, 1.54) is 32.1 Å². The molecule has 0 aromatic heterocycles. The molecule has 0 aromatic rings. The summed E-state index contributed by atoms with van der Waals surface area (Å²) in [5.41, 5.74) is 0. The molecule has 4 unspecified atom stereocenters. The van der Waals surface area contributed by atoms with E-state index in [9.17, 15) is 4.79 Å². The second kappa shape index (κ2) is 5.91. The van der Waals surface area contributed by atoms with Crippen LogP contribution in [0.5, 0.6) is 0 Å². The van der Waals surface area contributed by atoms with E-state index in [1.54, 1.807) is 0 Å². The molecule has 2 heteroatoms. The quantitative estimate of drug-likeness (QED) is 0.564. The van der Waals surface area contributed by atoms with Crippen molar-refractivity contribution in [3.05, 3.63) is 12.2 Å². The number of fused-ring (bicyclic) bond motifs is 2. The molecule has 3 aliphatic carbocycles. The summed E-state index contributed by atoms with van der Waals surface area (Å²) in [5.74, 6) is 3.00. The van der Waals surface area contributed by atoms with Crippen molar-refractivity contribution in [2.75, 3.05) is 0 Å².